The van der Waals surface area contributed by atoms with E-state index in [2.05, 4.69) is 16.3 Å². The average Bonchev–Trinajstić information content (AvgIpc) is 3.06. The predicted molar refractivity (Wildman–Crippen MR) is 158 cm³/mol. The third kappa shape index (κ3) is 9.21. The van der Waals surface area contributed by atoms with E-state index < -0.39 is 88.3 Å². The molecule has 0 saturated heterocycles. The van der Waals surface area contributed by atoms with Crippen LogP contribution in [0.5, 0.6) is 11.5 Å². The first-order valence-corrected chi connectivity index (χ1v) is 15.3. The molecule has 0 amide bonds. The van der Waals surface area contributed by atoms with Crippen molar-refractivity contribution in [1.29, 1.82) is 0 Å². The van der Waals surface area contributed by atoms with Gasteiger partial charge in [-0.1, -0.05) is 44.7 Å². The van der Waals surface area contributed by atoms with Crippen LogP contribution in [0.2, 0.25) is 0 Å². The van der Waals surface area contributed by atoms with Gasteiger partial charge in [-0.25, -0.2) is 18.4 Å². The molecule has 0 aliphatic heterocycles. The molecule has 0 spiro atoms. The van der Waals surface area contributed by atoms with Crippen LogP contribution in [0.4, 0.5) is 52.7 Å². The quantitative estimate of drug-likeness (QED) is 0.0342. The number of unbranched alkanes of at least 4 members (excludes halogenated alkanes) is 4. The Hall–Kier alpha value is -4.15. The summed E-state index contributed by atoms with van der Waals surface area (Å²) in [5.41, 5.74) is -2.06. The highest BCUT2D eigenvalue weighted by Crippen LogP contribution is 2.54. The molecule has 5 nitrogen and oxygen atoms in total. The molecule has 18 heteroatoms. The van der Waals surface area contributed by atoms with E-state index in [1.807, 2.05) is 6.92 Å². The van der Waals surface area contributed by atoms with Gasteiger partial charge in [0.15, 0.2) is 17.4 Å². The zero-order valence-electron chi connectivity index (χ0n) is 26.2. The summed E-state index contributed by atoms with van der Waals surface area (Å²) in [6.45, 7) is 0.216. The van der Waals surface area contributed by atoms with E-state index in [0.717, 1.165) is 67.8 Å². The highest BCUT2D eigenvalue weighted by molar-refractivity contribution is 6.22. The molecule has 0 atom stereocenters. The molecule has 0 radical (unpaired) electrons. The van der Waals surface area contributed by atoms with Gasteiger partial charge in [-0.2, -0.15) is 43.9 Å². The summed E-state index contributed by atoms with van der Waals surface area (Å²) in [6.07, 6.45) is 1.57. The number of halogens is 13. The van der Waals surface area contributed by atoms with Crippen molar-refractivity contribution in [3.8, 4) is 22.6 Å². The van der Waals surface area contributed by atoms with Gasteiger partial charge >= 0.3 is 35.1 Å². The summed E-state index contributed by atoms with van der Waals surface area (Å²) in [7, 11) is 0. The van der Waals surface area contributed by atoms with Crippen LogP contribution >= 0.6 is 11.6 Å². The van der Waals surface area contributed by atoms with Crippen LogP contribution in [-0.2, 0) is 4.74 Å². The number of rotatable bonds is 17. The smallest absolute Gasteiger partial charge is 0.392 e. The lowest BCUT2D eigenvalue weighted by molar-refractivity contribution is -0.349. The van der Waals surface area contributed by atoms with E-state index in [9.17, 15) is 62.3 Å². The Morgan fingerprint density at radius 2 is 1.16 bits per heavy atom. The molecule has 51 heavy (non-hydrogen) atoms. The fourth-order valence-corrected chi connectivity index (χ4v) is 4.51. The number of alkyl halides is 9. The number of carbonyl (C=O) groups excluding carboxylic acids is 2. The Balaban J connectivity index is 1.61. The maximum Gasteiger partial charge on any atom is 0.392 e. The van der Waals surface area contributed by atoms with Gasteiger partial charge in [-0.3, -0.25) is 0 Å². The summed E-state index contributed by atoms with van der Waals surface area (Å²) < 4.78 is 180. The molecule has 0 aliphatic rings. The van der Waals surface area contributed by atoms with Crippen LogP contribution in [0.15, 0.2) is 48.5 Å². The summed E-state index contributed by atoms with van der Waals surface area (Å²) >= 11 is 3.87. The Morgan fingerprint density at radius 3 is 1.69 bits per heavy atom. The van der Waals surface area contributed by atoms with Crippen LogP contribution in [0, 0.1) is 23.3 Å². The van der Waals surface area contributed by atoms with Crippen LogP contribution < -0.4 is 9.47 Å². The van der Waals surface area contributed by atoms with Crippen molar-refractivity contribution in [2.24, 2.45) is 0 Å². The predicted octanol–water partition coefficient (Wildman–Crippen LogP) is 10.8. The van der Waals surface area contributed by atoms with E-state index in [1.54, 1.807) is 0 Å². The molecule has 0 bridgehead atoms. The number of hydrogen-bond acceptors (Lipinski definition) is 5. The number of ether oxygens (including phenoxy) is 3. The molecule has 0 aliphatic carbocycles. The standard InChI is InChI=1S/C33H27ClF12O5/c1-2-3-4-5-6-16-49-27-25(37)23(35)22(24(36)26(27)38)18-7-9-20(10-8-18)29(48)51-21-13-11-19(12-14-21)28(47)50-17-15-30(39,40)31(41,42)32(43,44)33(34,45)46/h7-14H,2-6,15-17H2,1H3. The third-order valence-electron chi connectivity index (χ3n) is 7.29. The van der Waals surface area contributed by atoms with E-state index in [-0.39, 0.29) is 23.5 Å². The van der Waals surface area contributed by atoms with Gasteiger partial charge in [0.05, 0.1) is 36.3 Å². The van der Waals surface area contributed by atoms with Crippen LogP contribution in [-0.4, -0.2) is 48.3 Å². The summed E-state index contributed by atoms with van der Waals surface area (Å²) in [6, 6.07) is 7.79. The van der Waals surface area contributed by atoms with E-state index >= 15 is 0 Å². The highest BCUT2D eigenvalue weighted by Gasteiger charge is 2.80. The minimum absolute atomic E-state index is 0.167. The molecule has 0 N–H and O–H groups in total. The second kappa shape index (κ2) is 16.5. The second-order valence-electron chi connectivity index (χ2n) is 11.0. The van der Waals surface area contributed by atoms with E-state index in [4.69, 9.17) is 9.47 Å². The maximum atomic E-state index is 14.8. The fraction of sp³-hybridized carbons (Fsp3) is 0.394. The van der Waals surface area contributed by atoms with Gasteiger partial charge in [0.1, 0.15) is 5.75 Å². The molecule has 3 rings (SSSR count). The van der Waals surface area contributed by atoms with Crippen molar-refractivity contribution < 1.29 is 76.5 Å². The lowest BCUT2D eigenvalue weighted by atomic mass is 10.0. The molecule has 0 fully saturated rings. The topological polar surface area (TPSA) is 61.8 Å². The van der Waals surface area contributed by atoms with Crippen LogP contribution in [0.3, 0.4) is 0 Å². The first-order chi connectivity index (χ1) is 23.7. The van der Waals surface area contributed by atoms with Gasteiger partial charge in [-0.15, -0.1) is 0 Å². The minimum Gasteiger partial charge on any atom is -0.487 e. The molecule has 0 unspecified atom stereocenters. The first kappa shape index (κ1) is 41.3. The van der Waals surface area contributed by atoms with Gasteiger partial charge in [0.2, 0.25) is 11.6 Å². The molecule has 3 aromatic carbocycles. The van der Waals surface area contributed by atoms with Gasteiger partial charge in [0.25, 0.3) is 0 Å². The summed E-state index contributed by atoms with van der Waals surface area (Å²) in [4.78, 5) is 24.6. The van der Waals surface area contributed by atoms with Crippen LogP contribution in [0.1, 0.15) is 66.2 Å². The number of carbonyl (C=O) groups is 2. The molecule has 280 valence electrons. The van der Waals surface area contributed by atoms with Crippen molar-refractivity contribution >= 4 is 23.5 Å². The molecule has 0 heterocycles. The minimum atomic E-state index is -6.66. The number of hydrogen-bond donors (Lipinski definition) is 0. The molecule has 0 saturated carbocycles. The zero-order valence-corrected chi connectivity index (χ0v) is 27.0. The van der Waals surface area contributed by atoms with E-state index in [0.29, 0.717) is 12.8 Å². The van der Waals surface area contributed by atoms with Crippen molar-refractivity contribution in [2.75, 3.05) is 13.2 Å². The van der Waals surface area contributed by atoms with Crippen molar-refractivity contribution in [3.63, 3.8) is 0 Å². The fourth-order valence-electron chi connectivity index (χ4n) is 4.39. The Labute approximate surface area is 287 Å². The molecular weight excluding hydrogens is 740 g/mol. The third-order valence-corrected chi connectivity index (χ3v) is 7.52. The highest BCUT2D eigenvalue weighted by atomic mass is 35.5. The normalized spacial score (nSPS) is 12.5. The largest absolute Gasteiger partial charge is 0.487 e. The summed E-state index contributed by atoms with van der Waals surface area (Å²) in [5, 5.41) is -6.03. The maximum absolute atomic E-state index is 14.8. The Kier molecular flexibility index (Phi) is 13.3. The molecule has 3 aromatic rings. The molecule has 0 aromatic heterocycles. The Morgan fingerprint density at radius 1 is 0.647 bits per heavy atom. The average molecular weight is 767 g/mol. The Bertz CT molecular complexity index is 1650. The monoisotopic (exact) mass is 766 g/mol. The summed E-state index contributed by atoms with van der Waals surface area (Å²) in [5.74, 6) is -30.0. The van der Waals surface area contributed by atoms with Crippen molar-refractivity contribution in [1.82, 2.24) is 0 Å². The molecular formula is C33H27ClF12O5. The zero-order chi connectivity index (χ0) is 38.4. The first-order valence-electron chi connectivity index (χ1n) is 15.0. The SMILES string of the molecule is CCCCCCCOc1c(F)c(F)c(-c2ccc(C(=O)Oc3ccc(C(=O)OCCC(F)(F)C(F)(F)C(F)(F)C(F)(F)Cl)cc3)cc2)c(F)c1F. The van der Waals surface area contributed by atoms with Gasteiger partial charge in [-0.05, 0) is 60.0 Å². The number of esters is 2. The number of benzene rings is 3. The van der Waals surface area contributed by atoms with Gasteiger partial charge < -0.3 is 14.2 Å². The lowest BCUT2D eigenvalue weighted by Crippen LogP contribution is -2.60. The second-order valence-corrected chi connectivity index (χ2v) is 11.4. The van der Waals surface area contributed by atoms with Crippen LogP contribution in [0.25, 0.3) is 11.1 Å². The van der Waals surface area contributed by atoms with Gasteiger partial charge in [0, 0.05) is 0 Å². The van der Waals surface area contributed by atoms with Crippen molar-refractivity contribution in [3.05, 3.63) is 82.9 Å². The van der Waals surface area contributed by atoms with Crippen molar-refractivity contribution in [2.45, 2.75) is 68.6 Å². The van der Waals surface area contributed by atoms with E-state index in [1.165, 1.54) is 0 Å². The lowest BCUT2D eigenvalue weighted by Gasteiger charge is -2.34.